The van der Waals surface area contributed by atoms with Gasteiger partial charge in [0.2, 0.25) is 5.91 Å². The van der Waals surface area contributed by atoms with Gasteiger partial charge in [-0.05, 0) is 67.6 Å². The van der Waals surface area contributed by atoms with E-state index in [-0.39, 0.29) is 30.7 Å². The molecule has 0 radical (unpaired) electrons. The molecule has 0 fully saturated rings. The first kappa shape index (κ1) is 28.4. The highest BCUT2D eigenvalue weighted by atomic mass is 35.5. The van der Waals surface area contributed by atoms with Crippen LogP contribution in [0.5, 0.6) is 11.5 Å². The number of carbonyl (C=O) groups is 2. The molecule has 0 unspecified atom stereocenters. The molecule has 2 amide bonds. The summed E-state index contributed by atoms with van der Waals surface area (Å²) >= 11 is 8.54. The van der Waals surface area contributed by atoms with Crippen molar-refractivity contribution in [1.82, 2.24) is 25.1 Å². The Kier molecular flexibility index (Phi) is 9.34. The molecule has 5 aromatic rings. The van der Waals surface area contributed by atoms with Gasteiger partial charge >= 0.3 is 0 Å². The number of para-hydroxylation sites is 1. The monoisotopic (exact) mass is 608 g/mol. The Bertz CT molecular complexity index is 1610. The number of aromatic nitrogens is 4. The third kappa shape index (κ3) is 7.54. The zero-order chi connectivity index (χ0) is 28.6. The van der Waals surface area contributed by atoms with Crippen LogP contribution in [0.15, 0.2) is 78.0 Å². The van der Waals surface area contributed by atoms with Crippen LogP contribution in [-0.2, 0) is 16.1 Å². The van der Waals surface area contributed by atoms with Gasteiger partial charge < -0.3 is 20.1 Å². The van der Waals surface area contributed by atoms with Crippen molar-refractivity contribution < 1.29 is 19.1 Å². The number of ether oxygens (including phenoxy) is 2. The molecule has 0 aliphatic heterocycles. The van der Waals surface area contributed by atoms with Gasteiger partial charge in [-0.1, -0.05) is 46.8 Å². The van der Waals surface area contributed by atoms with Gasteiger partial charge in [-0.25, -0.2) is 4.98 Å². The molecule has 3 aromatic carbocycles. The number of hydrogen-bond donors (Lipinski definition) is 2. The summed E-state index contributed by atoms with van der Waals surface area (Å²) in [5, 5.41) is 15.9. The number of thioether (sulfide) groups is 1. The first-order valence-electron chi connectivity index (χ1n) is 12.6. The number of carbonyl (C=O) groups excluding carboxylic acids is 2. The van der Waals surface area contributed by atoms with Crippen molar-refractivity contribution >= 4 is 61.9 Å². The van der Waals surface area contributed by atoms with Crippen LogP contribution < -0.4 is 20.1 Å². The van der Waals surface area contributed by atoms with E-state index in [0.29, 0.717) is 33.5 Å². The van der Waals surface area contributed by atoms with Crippen molar-refractivity contribution in [2.24, 2.45) is 0 Å². The summed E-state index contributed by atoms with van der Waals surface area (Å²) in [7, 11) is 0. The highest BCUT2D eigenvalue weighted by Crippen LogP contribution is 2.27. The summed E-state index contributed by atoms with van der Waals surface area (Å²) in [5.41, 5.74) is 1.59. The molecule has 0 bridgehead atoms. The molecule has 0 aliphatic carbocycles. The zero-order valence-corrected chi connectivity index (χ0v) is 24.3. The van der Waals surface area contributed by atoms with Gasteiger partial charge in [0.15, 0.2) is 22.7 Å². The summed E-state index contributed by atoms with van der Waals surface area (Å²) in [6.07, 6.45) is 0. The second-order valence-electron chi connectivity index (χ2n) is 8.50. The van der Waals surface area contributed by atoms with Gasteiger partial charge in [-0.3, -0.25) is 14.2 Å². The fraction of sp³-hybridized carbons (Fsp3) is 0.179. The number of hydrogen-bond acceptors (Lipinski definition) is 9. The minimum absolute atomic E-state index is 0.0897. The van der Waals surface area contributed by atoms with E-state index in [4.69, 9.17) is 21.1 Å². The molecule has 2 heterocycles. The number of amides is 2. The molecule has 210 valence electrons. The third-order valence-electron chi connectivity index (χ3n) is 5.61. The fourth-order valence-electron chi connectivity index (χ4n) is 3.75. The van der Waals surface area contributed by atoms with Crippen LogP contribution in [0.4, 0.5) is 5.13 Å². The minimum Gasteiger partial charge on any atom is -0.494 e. The number of rotatable bonds is 12. The number of thiazole rings is 1. The number of halogens is 1. The lowest BCUT2D eigenvalue weighted by Crippen LogP contribution is -2.29. The molecule has 0 saturated carbocycles. The summed E-state index contributed by atoms with van der Waals surface area (Å²) in [5.74, 6) is 1.29. The SMILES string of the molecule is CCOc1ccc(-n2c(CNC(=O)COc3ccc(Cl)cc3)nnc2SCC(=O)Nc2nc3ccccc3s2)cc1. The molecular weight excluding hydrogens is 584 g/mol. The Morgan fingerprint density at radius 2 is 1.68 bits per heavy atom. The molecule has 0 aliphatic rings. The molecule has 13 heteroatoms. The Morgan fingerprint density at radius 1 is 0.951 bits per heavy atom. The summed E-state index contributed by atoms with van der Waals surface area (Å²) < 4.78 is 13.9. The van der Waals surface area contributed by atoms with Gasteiger partial charge in [0.05, 0.1) is 29.1 Å². The molecule has 41 heavy (non-hydrogen) atoms. The van der Waals surface area contributed by atoms with Crippen LogP contribution in [-0.4, -0.2) is 50.5 Å². The van der Waals surface area contributed by atoms with E-state index in [1.165, 1.54) is 23.1 Å². The van der Waals surface area contributed by atoms with Crippen LogP contribution in [0, 0.1) is 0 Å². The summed E-state index contributed by atoms with van der Waals surface area (Å²) in [6, 6.07) is 21.9. The van der Waals surface area contributed by atoms with Crippen molar-refractivity contribution in [2.45, 2.75) is 18.6 Å². The van der Waals surface area contributed by atoms with E-state index in [1.54, 1.807) is 28.8 Å². The minimum atomic E-state index is -0.328. The average Bonchev–Trinajstić information content (AvgIpc) is 3.58. The van der Waals surface area contributed by atoms with E-state index in [9.17, 15) is 9.59 Å². The van der Waals surface area contributed by atoms with Crippen molar-refractivity contribution in [3.8, 4) is 17.2 Å². The van der Waals surface area contributed by atoms with Gasteiger partial charge in [-0.2, -0.15) is 0 Å². The van der Waals surface area contributed by atoms with Gasteiger partial charge in [-0.15, -0.1) is 10.2 Å². The van der Waals surface area contributed by atoms with Crippen LogP contribution >= 0.6 is 34.7 Å². The Morgan fingerprint density at radius 3 is 2.44 bits per heavy atom. The lowest BCUT2D eigenvalue weighted by Gasteiger charge is -2.12. The quantitative estimate of drug-likeness (QED) is 0.182. The highest BCUT2D eigenvalue weighted by Gasteiger charge is 2.18. The lowest BCUT2D eigenvalue weighted by atomic mass is 10.3. The molecule has 0 spiro atoms. The van der Waals surface area contributed by atoms with Crippen LogP contribution in [0.3, 0.4) is 0 Å². The second-order valence-corrected chi connectivity index (χ2v) is 10.9. The molecule has 5 rings (SSSR count). The van der Waals surface area contributed by atoms with Crippen molar-refractivity contribution in [2.75, 3.05) is 24.3 Å². The van der Waals surface area contributed by atoms with Gasteiger partial charge in [0.1, 0.15) is 11.5 Å². The molecule has 10 nitrogen and oxygen atoms in total. The van der Waals surface area contributed by atoms with Crippen molar-refractivity contribution in [3.05, 3.63) is 83.6 Å². The maximum atomic E-state index is 12.7. The van der Waals surface area contributed by atoms with Gasteiger partial charge in [0.25, 0.3) is 5.91 Å². The molecule has 2 N–H and O–H groups in total. The Balaban J connectivity index is 1.26. The first-order valence-corrected chi connectivity index (χ1v) is 14.8. The molecule has 2 aromatic heterocycles. The Labute approximate surface area is 249 Å². The van der Waals surface area contributed by atoms with Crippen molar-refractivity contribution in [1.29, 1.82) is 0 Å². The number of nitrogens with zero attached hydrogens (tertiary/aromatic N) is 4. The van der Waals surface area contributed by atoms with E-state index in [2.05, 4.69) is 25.8 Å². The molecule has 0 saturated heterocycles. The van der Waals surface area contributed by atoms with Crippen LogP contribution in [0.25, 0.3) is 15.9 Å². The van der Waals surface area contributed by atoms with E-state index < -0.39 is 0 Å². The predicted molar refractivity (Wildman–Crippen MR) is 160 cm³/mol. The van der Waals surface area contributed by atoms with Crippen LogP contribution in [0.2, 0.25) is 5.02 Å². The van der Waals surface area contributed by atoms with Gasteiger partial charge in [0, 0.05) is 10.7 Å². The molecular formula is C28H25ClN6O4S2. The number of anilines is 1. The standard InChI is InChI=1S/C28H25ClN6O4S2/c1-2-38-20-13-9-19(10-14-20)35-24(15-30-25(36)16-39-21-11-7-18(29)8-12-21)33-34-28(35)40-17-26(37)32-27-31-22-5-3-4-6-23(22)41-27/h3-14H,2,15-17H2,1H3,(H,30,36)(H,31,32,37). The lowest BCUT2D eigenvalue weighted by molar-refractivity contribution is -0.123. The first-order chi connectivity index (χ1) is 20.0. The largest absolute Gasteiger partial charge is 0.494 e. The normalized spacial score (nSPS) is 10.9. The zero-order valence-electron chi connectivity index (χ0n) is 21.9. The van der Waals surface area contributed by atoms with E-state index >= 15 is 0 Å². The summed E-state index contributed by atoms with van der Waals surface area (Å²) in [6.45, 7) is 2.39. The smallest absolute Gasteiger partial charge is 0.258 e. The predicted octanol–water partition coefficient (Wildman–Crippen LogP) is 5.36. The summed E-state index contributed by atoms with van der Waals surface area (Å²) in [4.78, 5) is 29.7. The average molecular weight is 609 g/mol. The fourth-order valence-corrected chi connectivity index (χ4v) is 5.52. The maximum absolute atomic E-state index is 12.7. The number of nitrogens with one attached hydrogen (secondary N) is 2. The topological polar surface area (TPSA) is 120 Å². The van der Waals surface area contributed by atoms with E-state index in [1.807, 2.05) is 55.5 Å². The Hall–Kier alpha value is -4.13. The second kappa shape index (κ2) is 13.5. The molecule has 0 atom stereocenters. The highest BCUT2D eigenvalue weighted by molar-refractivity contribution is 7.99. The third-order valence-corrected chi connectivity index (χ3v) is 7.74. The van der Waals surface area contributed by atoms with Crippen LogP contribution in [0.1, 0.15) is 12.7 Å². The number of benzene rings is 3. The maximum Gasteiger partial charge on any atom is 0.258 e. The van der Waals surface area contributed by atoms with E-state index in [0.717, 1.165) is 21.7 Å². The number of fused-ring (bicyclic) bond motifs is 1. The van der Waals surface area contributed by atoms with Crippen molar-refractivity contribution in [3.63, 3.8) is 0 Å².